The van der Waals surface area contributed by atoms with Gasteiger partial charge in [-0.3, -0.25) is 28.8 Å². The molecule has 0 aliphatic heterocycles. The molecule has 0 unspecified atom stereocenters. The number of nitrogens with one attached hydrogen (secondary N) is 5. The van der Waals surface area contributed by atoms with Crippen molar-refractivity contribution in [1.82, 2.24) is 21.3 Å². The molecule has 3 rings (SSSR count). The fraction of sp³-hybridized carbons (Fsp3) is 0.525. The van der Waals surface area contributed by atoms with Gasteiger partial charge < -0.3 is 37.1 Å². The maximum atomic E-state index is 13.9. The van der Waals surface area contributed by atoms with Gasteiger partial charge in [0.05, 0.1) is 6.04 Å². The van der Waals surface area contributed by atoms with Gasteiger partial charge >= 0.3 is 6.03 Å². The Kier molecular flexibility index (Phi) is 18.8. The molecular weight excluding hydrogens is 711 g/mol. The van der Waals surface area contributed by atoms with Crippen molar-refractivity contribution < 1.29 is 42.7 Å². The first kappa shape index (κ1) is 44.1. The van der Waals surface area contributed by atoms with E-state index in [4.69, 9.17) is 10.5 Å². The van der Waals surface area contributed by atoms with Gasteiger partial charge in [0.1, 0.15) is 24.5 Å². The Morgan fingerprint density at radius 1 is 0.818 bits per heavy atom. The number of anilines is 1. The van der Waals surface area contributed by atoms with E-state index in [2.05, 4.69) is 26.6 Å². The third-order valence-electron chi connectivity index (χ3n) is 9.58. The van der Waals surface area contributed by atoms with Crippen LogP contribution in [0.3, 0.4) is 0 Å². The Balaban J connectivity index is 1.71. The van der Waals surface area contributed by atoms with E-state index < -0.39 is 59.5 Å². The van der Waals surface area contributed by atoms with Crippen LogP contribution in [0, 0.1) is 17.7 Å². The van der Waals surface area contributed by atoms with Crippen molar-refractivity contribution in [3.8, 4) is 0 Å². The first-order chi connectivity index (χ1) is 26.4. The van der Waals surface area contributed by atoms with Gasteiger partial charge in [-0.2, -0.15) is 0 Å². The molecule has 300 valence electrons. The number of Topliss-reactive ketones (excluding diaryl/α,β-unsaturated/α-hetero) is 1. The quantitative estimate of drug-likeness (QED) is 0.0837. The van der Waals surface area contributed by atoms with Crippen LogP contribution < -0.4 is 32.3 Å². The molecule has 1 saturated carbocycles. The van der Waals surface area contributed by atoms with Gasteiger partial charge in [0.2, 0.25) is 17.7 Å². The van der Waals surface area contributed by atoms with E-state index >= 15 is 0 Å². The molecule has 1 fully saturated rings. The highest BCUT2D eigenvalue weighted by Gasteiger charge is 2.32. The number of amides is 6. The molecule has 2 aromatic rings. The van der Waals surface area contributed by atoms with E-state index in [1.165, 1.54) is 12.1 Å². The highest BCUT2D eigenvalue weighted by Crippen LogP contribution is 2.25. The summed E-state index contributed by atoms with van der Waals surface area (Å²) in [5.41, 5.74) is 6.47. The predicted octanol–water partition coefficient (Wildman–Crippen LogP) is 4.41. The van der Waals surface area contributed by atoms with Gasteiger partial charge in [-0.05, 0) is 80.0 Å². The van der Waals surface area contributed by atoms with E-state index in [9.17, 15) is 38.0 Å². The normalized spacial score (nSPS) is 15.1. The molecule has 14 nitrogen and oxygen atoms in total. The van der Waals surface area contributed by atoms with Crippen LogP contribution in [0.25, 0.3) is 0 Å². The summed E-state index contributed by atoms with van der Waals surface area (Å²) in [5.74, 6) is -3.56. The number of hydrogen-bond donors (Lipinski definition) is 6. The molecule has 15 heteroatoms. The van der Waals surface area contributed by atoms with Crippen molar-refractivity contribution in [2.75, 3.05) is 11.9 Å². The van der Waals surface area contributed by atoms with Gasteiger partial charge in [0.25, 0.3) is 12.4 Å². The molecule has 0 saturated heterocycles. The minimum Gasteiger partial charge on any atom is -0.463 e. The second kappa shape index (κ2) is 23.4. The largest absolute Gasteiger partial charge is 0.463 e. The molecule has 1 aliphatic rings. The lowest BCUT2D eigenvalue weighted by Gasteiger charge is -2.26. The lowest BCUT2D eigenvalue weighted by Crippen LogP contribution is -2.54. The number of ketones is 1. The molecule has 6 amide bonds. The summed E-state index contributed by atoms with van der Waals surface area (Å²) in [7, 11) is 0. The predicted molar refractivity (Wildman–Crippen MR) is 204 cm³/mol. The number of carbonyl (C=O) groups excluding carboxylic acids is 7. The molecule has 1 aliphatic carbocycles. The fourth-order valence-corrected chi connectivity index (χ4v) is 6.48. The molecule has 2 aromatic carbocycles. The lowest BCUT2D eigenvalue weighted by atomic mass is 9.87. The number of rotatable bonds is 20. The molecule has 3 atom stereocenters. The number of nitrogens with two attached hydrogens (primary N) is 1. The monoisotopic (exact) mass is 766 g/mol. The number of hydrogen-bond acceptors (Lipinski definition) is 8. The maximum Gasteiger partial charge on any atom is 0.312 e. The summed E-state index contributed by atoms with van der Waals surface area (Å²) in [6, 6.07) is 7.72. The summed E-state index contributed by atoms with van der Waals surface area (Å²) in [5, 5.41) is 13.5. The topological polar surface area (TPSA) is 215 Å². The zero-order chi connectivity index (χ0) is 40.2. The van der Waals surface area contributed by atoms with E-state index in [0.717, 1.165) is 50.7 Å². The molecule has 7 N–H and O–H groups in total. The first-order valence-corrected chi connectivity index (χ1v) is 19.1. The second-order valence-electron chi connectivity index (χ2n) is 14.2. The highest BCUT2D eigenvalue weighted by molar-refractivity contribution is 5.99. The van der Waals surface area contributed by atoms with Gasteiger partial charge in [0.15, 0.2) is 5.78 Å². The van der Waals surface area contributed by atoms with Crippen LogP contribution in [0.2, 0.25) is 0 Å². The van der Waals surface area contributed by atoms with Crippen LogP contribution in [0.4, 0.5) is 14.9 Å². The molecule has 0 spiro atoms. The summed E-state index contributed by atoms with van der Waals surface area (Å²) in [6.07, 6.45) is 7.67. The average molecular weight is 767 g/mol. The van der Waals surface area contributed by atoms with Crippen LogP contribution in [0.5, 0.6) is 0 Å². The molecule has 0 aromatic heterocycles. The molecular formula is C40H55FN6O8. The van der Waals surface area contributed by atoms with Crippen LogP contribution in [0.1, 0.15) is 107 Å². The molecule has 0 bridgehead atoms. The molecule has 0 radical (unpaired) electrons. The van der Waals surface area contributed by atoms with E-state index in [0.29, 0.717) is 37.0 Å². The van der Waals surface area contributed by atoms with E-state index in [1.807, 2.05) is 0 Å². The van der Waals surface area contributed by atoms with Crippen molar-refractivity contribution >= 4 is 47.6 Å². The van der Waals surface area contributed by atoms with E-state index in [-0.39, 0.29) is 49.7 Å². The van der Waals surface area contributed by atoms with Crippen molar-refractivity contribution in [2.24, 2.45) is 17.6 Å². The van der Waals surface area contributed by atoms with Crippen LogP contribution >= 0.6 is 0 Å². The molecule has 55 heavy (non-hydrogen) atoms. The Bertz CT molecular complexity index is 1580. The lowest BCUT2D eigenvalue weighted by molar-refractivity contribution is -0.132. The van der Waals surface area contributed by atoms with Gasteiger partial charge in [-0.15, -0.1) is 0 Å². The summed E-state index contributed by atoms with van der Waals surface area (Å²) in [4.78, 5) is 89.2. The van der Waals surface area contributed by atoms with Crippen molar-refractivity contribution in [2.45, 2.75) is 116 Å². The second-order valence-corrected chi connectivity index (χ2v) is 14.2. The Labute approximate surface area is 321 Å². The average Bonchev–Trinajstić information content (AvgIpc) is 3.30. The Morgan fingerprint density at radius 3 is 2.05 bits per heavy atom. The minimum atomic E-state index is -1.06. The number of benzene rings is 2. The number of halogens is 1. The van der Waals surface area contributed by atoms with Crippen molar-refractivity contribution in [1.29, 1.82) is 0 Å². The number of urea groups is 1. The zero-order valence-electron chi connectivity index (χ0n) is 31.7. The van der Waals surface area contributed by atoms with Crippen molar-refractivity contribution in [3.63, 3.8) is 0 Å². The number of primary amides is 1. The Morgan fingerprint density at radius 2 is 1.45 bits per heavy atom. The van der Waals surface area contributed by atoms with Crippen molar-refractivity contribution in [3.05, 3.63) is 65.5 Å². The third kappa shape index (κ3) is 15.9. The molecule has 0 heterocycles. The first-order valence-electron chi connectivity index (χ1n) is 19.1. The highest BCUT2D eigenvalue weighted by atomic mass is 19.1. The van der Waals surface area contributed by atoms with Gasteiger partial charge in [-0.25, -0.2) is 9.18 Å². The summed E-state index contributed by atoms with van der Waals surface area (Å²) < 4.78 is 18.3. The minimum absolute atomic E-state index is 0.0154. The van der Waals surface area contributed by atoms with Crippen LogP contribution in [-0.4, -0.2) is 66.6 Å². The van der Waals surface area contributed by atoms with Crippen LogP contribution in [-0.2, 0) is 35.3 Å². The third-order valence-corrected chi connectivity index (χ3v) is 9.58. The number of ether oxygens (including phenoxy) is 1. The summed E-state index contributed by atoms with van der Waals surface area (Å²) in [6.45, 7) is 4.02. The Hall–Kier alpha value is -5.34. The van der Waals surface area contributed by atoms with Crippen LogP contribution in [0.15, 0.2) is 48.5 Å². The van der Waals surface area contributed by atoms with Gasteiger partial charge in [-0.1, -0.05) is 64.5 Å². The van der Waals surface area contributed by atoms with Gasteiger partial charge in [0, 0.05) is 30.1 Å². The zero-order valence-corrected chi connectivity index (χ0v) is 31.7. The fourth-order valence-electron chi connectivity index (χ4n) is 6.48. The number of carbonyl (C=O) groups is 7. The smallest absolute Gasteiger partial charge is 0.312 e. The standard InChI is InChI=1S/C40H55FN6O8/c1-26(2)35(39(53)46-33(12-9-23-43-40(42)54)38(52)44-31-19-13-27(14-20-31)24-55-25-48)47-34(49)22-21-32(45-37(51)29-15-17-30(41)18-16-29)36(50)28-10-7-5-3-4-6-8-11-28/h13-20,25-26,28,32-33,35H,3-12,21-24H2,1-2H3,(H,44,52)(H,45,51)(H,46,53)(H,47,49)(H3,42,43,54)/t32-,33-,35-/m0/s1. The maximum absolute atomic E-state index is 13.9. The summed E-state index contributed by atoms with van der Waals surface area (Å²) >= 11 is 0. The van der Waals surface area contributed by atoms with E-state index in [1.54, 1.807) is 38.1 Å². The SMILES string of the molecule is CC(C)[C@H](NC(=O)CC[C@H](NC(=O)c1ccc(F)cc1)C(=O)C1CCCCCCCC1)C(=O)N[C@@H](CCCNC(N)=O)C(=O)Nc1ccc(COC=O)cc1.